The van der Waals surface area contributed by atoms with E-state index >= 15 is 0 Å². The van der Waals surface area contributed by atoms with Crippen molar-refractivity contribution in [2.75, 3.05) is 6.54 Å². The van der Waals surface area contributed by atoms with Crippen molar-refractivity contribution in [2.24, 2.45) is 5.73 Å². The van der Waals surface area contributed by atoms with Crippen molar-refractivity contribution in [3.63, 3.8) is 0 Å². The highest BCUT2D eigenvalue weighted by molar-refractivity contribution is 5.96. The van der Waals surface area contributed by atoms with Gasteiger partial charge in [-0.15, -0.1) is 0 Å². The molecule has 3 aromatic rings. The molecule has 1 heterocycles. The summed E-state index contributed by atoms with van der Waals surface area (Å²) in [4.78, 5) is 27.4. The predicted molar refractivity (Wildman–Crippen MR) is 97.7 cm³/mol. The molecule has 3 N–H and O–H groups in total. The van der Waals surface area contributed by atoms with Crippen LogP contribution >= 0.6 is 0 Å². The molecule has 26 heavy (non-hydrogen) atoms. The molecule has 0 aliphatic carbocycles. The van der Waals surface area contributed by atoms with Gasteiger partial charge in [0.25, 0.3) is 5.91 Å². The molecular weight excluding hydrogens is 332 g/mol. The van der Waals surface area contributed by atoms with Gasteiger partial charge in [0.05, 0.1) is 17.6 Å². The number of nitrogens with one attached hydrogen (secondary N) is 1. The van der Waals surface area contributed by atoms with E-state index in [4.69, 9.17) is 10.5 Å². The number of nitrogens with zero attached hydrogens (tertiary/aromatic N) is 2. The van der Waals surface area contributed by atoms with E-state index in [0.29, 0.717) is 11.3 Å². The lowest BCUT2D eigenvalue weighted by molar-refractivity contribution is -0.117. The van der Waals surface area contributed by atoms with Crippen molar-refractivity contribution in [2.45, 2.75) is 20.1 Å². The number of fused-ring (bicyclic) bond motifs is 1. The number of hydrogen-bond donors (Lipinski definition) is 2. The van der Waals surface area contributed by atoms with Gasteiger partial charge in [-0.2, -0.15) is 0 Å². The average molecular weight is 352 g/mol. The Hall–Kier alpha value is -3.35. The topological polar surface area (TPSA) is 99.2 Å². The number of hydrogen-bond acceptors (Lipinski definition) is 4. The minimum absolute atomic E-state index is 0.204. The SMILES string of the molecule is CCn1c(COc2cccc(C(=O)NCC(N)=O)c2)nc2ccccc21. The van der Waals surface area contributed by atoms with Gasteiger partial charge in [-0.25, -0.2) is 4.98 Å². The monoisotopic (exact) mass is 352 g/mol. The van der Waals surface area contributed by atoms with Gasteiger partial charge in [-0.05, 0) is 37.3 Å². The first-order valence-corrected chi connectivity index (χ1v) is 8.32. The van der Waals surface area contributed by atoms with E-state index in [-0.39, 0.29) is 19.1 Å². The molecule has 0 aliphatic heterocycles. The number of carbonyl (C=O) groups is 2. The summed E-state index contributed by atoms with van der Waals surface area (Å²) in [5.74, 6) is 0.392. The average Bonchev–Trinajstić information content (AvgIpc) is 3.02. The van der Waals surface area contributed by atoms with Crippen LogP contribution in [0.15, 0.2) is 48.5 Å². The van der Waals surface area contributed by atoms with Crippen LogP contribution in [0.5, 0.6) is 5.75 Å². The molecule has 2 aromatic carbocycles. The zero-order valence-electron chi connectivity index (χ0n) is 14.4. The Labute approximate surface area is 150 Å². The molecule has 7 heteroatoms. The van der Waals surface area contributed by atoms with Crippen molar-refractivity contribution >= 4 is 22.8 Å². The normalized spacial score (nSPS) is 10.7. The Bertz CT molecular complexity index is 949. The number of amides is 2. The molecular formula is C19H20N4O3. The van der Waals surface area contributed by atoms with Crippen molar-refractivity contribution < 1.29 is 14.3 Å². The fourth-order valence-corrected chi connectivity index (χ4v) is 2.73. The summed E-state index contributed by atoms with van der Waals surface area (Å²) >= 11 is 0. The Kier molecular flexibility index (Phi) is 5.17. The number of benzene rings is 2. The summed E-state index contributed by atoms with van der Waals surface area (Å²) in [6.45, 7) is 2.93. The summed E-state index contributed by atoms with van der Waals surface area (Å²) in [6, 6.07) is 14.7. The minimum atomic E-state index is -0.593. The lowest BCUT2D eigenvalue weighted by Gasteiger charge is -2.09. The standard InChI is InChI=1S/C19H20N4O3/c1-2-23-16-9-4-3-8-15(16)22-18(23)12-26-14-7-5-6-13(10-14)19(25)21-11-17(20)24/h3-10H,2,11-12H2,1H3,(H2,20,24)(H,21,25). The molecule has 2 amide bonds. The lowest BCUT2D eigenvalue weighted by Crippen LogP contribution is -2.33. The van der Waals surface area contributed by atoms with Crippen LogP contribution in [0, 0.1) is 0 Å². The molecule has 7 nitrogen and oxygen atoms in total. The lowest BCUT2D eigenvalue weighted by atomic mass is 10.2. The maximum absolute atomic E-state index is 12.0. The fraction of sp³-hybridized carbons (Fsp3) is 0.211. The maximum atomic E-state index is 12.0. The second kappa shape index (κ2) is 7.69. The Balaban J connectivity index is 1.73. The van der Waals surface area contributed by atoms with Crippen LogP contribution in [0.25, 0.3) is 11.0 Å². The number of rotatable bonds is 7. The van der Waals surface area contributed by atoms with Gasteiger partial charge in [0.2, 0.25) is 5.91 Å². The van der Waals surface area contributed by atoms with Crippen molar-refractivity contribution in [3.05, 3.63) is 59.9 Å². The molecule has 0 radical (unpaired) electrons. The first-order valence-electron chi connectivity index (χ1n) is 8.32. The number of ether oxygens (including phenoxy) is 1. The van der Waals surface area contributed by atoms with Crippen LogP contribution in [0.3, 0.4) is 0 Å². The molecule has 0 saturated carbocycles. The fourth-order valence-electron chi connectivity index (χ4n) is 2.73. The first kappa shape index (κ1) is 17.5. The number of primary amides is 1. The van der Waals surface area contributed by atoms with Crippen LogP contribution in [0.1, 0.15) is 23.1 Å². The van der Waals surface area contributed by atoms with E-state index in [9.17, 15) is 9.59 Å². The van der Waals surface area contributed by atoms with Crippen LogP contribution in [0.2, 0.25) is 0 Å². The maximum Gasteiger partial charge on any atom is 0.251 e. The summed E-state index contributed by atoms with van der Waals surface area (Å²) in [6.07, 6.45) is 0. The largest absolute Gasteiger partial charge is 0.486 e. The highest BCUT2D eigenvalue weighted by Crippen LogP contribution is 2.19. The van der Waals surface area contributed by atoms with Gasteiger partial charge in [-0.1, -0.05) is 18.2 Å². The van der Waals surface area contributed by atoms with Crippen molar-refractivity contribution in [1.82, 2.24) is 14.9 Å². The van der Waals surface area contributed by atoms with E-state index in [1.54, 1.807) is 24.3 Å². The zero-order chi connectivity index (χ0) is 18.5. The Morgan fingerprint density at radius 1 is 1.19 bits per heavy atom. The number of aryl methyl sites for hydroxylation is 1. The molecule has 134 valence electrons. The molecule has 0 aliphatic rings. The van der Waals surface area contributed by atoms with E-state index in [1.807, 2.05) is 24.3 Å². The van der Waals surface area contributed by atoms with E-state index in [0.717, 1.165) is 23.4 Å². The minimum Gasteiger partial charge on any atom is -0.486 e. The van der Waals surface area contributed by atoms with Crippen molar-refractivity contribution in [3.8, 4) is 5.75 Å². The van der Waals surface area contributed by atoms with Gasteiger partial charge in [0.1, 0.15) is 18.2 Å². The summed E-state index contributed by atoms with van der Waals surface area (Å²) in [7, 11) is 0. The molecule has 3 rings (SSSR count). The predicted octanol–water partition coefficient (Wildman–Crippen LogP) is 1.85. The molecule has 0 saturated heterocycles. The van der Waals surface area contributed by atoms with Gasteiger partial charge < -0.3 is 20.4 Å². The van der Waals surface area contributed by atoms with Crippen LogP contribution < -0.4 is 15.8 Å². The van der Waals surface area contributed by atoms with Gasteiger partial charge in [0, 0.05) is 12.1 Å². The number of imidazole rings is 1. The third-order valence-electron chi connectivity index (χ3n) is 3.94. The third-order valence-corrected chi connectivity index (χ3v) is 3.94. The second-order valence-corrected chi connectivity index (χ2v) is 5.73. The first-order chi connectivity index (χ1) is 12.6. The quantitative estimate of drug-likeness (QED) is 0.678. The van der Waals surface area contributed by atoms with Crippen molar-refractivity contribution in [1.29, 1.82) is 0 Å². The summed E-state index contributed by atoms with van der Waals surface area (Å²) in [5.41, 5.74) is 7.42. The second-order valence-electron chi connectivity index (χ2n) is 5.73. The van der Waals surface area contributed by atoms with E-state index in [1.165, 1.54) is 0 Å². The van der Waals surface area contributed by atoms with Crippen LogP contribution in [-0.4, -0.2) is 27.9 Å². The Morgan fingerprint density at radius 2 is 2.00 bits per heavy atom. The zero-order valence-corrected chi connectivity index (χ0v) is 14.4. The van der Waals surface area contributed by atoms with E-state index < -0.39 is 5.91 Å². The van der Waals surface area contributed by atoms with Crippen LogP contribution in [-0.2, 0) is 17.9 Å². The van der Waals surface area contributed by atoms with Crippen LogP contribution in [0.4, 0.5) is 0 Å². The van der Waals surface area contributed by atoms with Gasteiger partial charge in [0.15, 0.2) is 0 Å². The molecule has 0 fully saturated rings. The number of carbonyl (C=O) groups excluding carboxylic acids is 2. The number of nitrogens with two attached hydrogens (primary N) is 1. The molecule has 0 unspecified atom stereocenters. The van der Waals surface area contributed by atoms with Gasteiger partial charge >= 0.3 is 0 Å². The summed E-state index contributed by atoms with van der Waals surface area (Å²) in [5, 5.41) is 2.45. The molecule has 0 spiro atoms. The smallest absolute Gasteiger partial charge is 0.251 e. The third kappa shape index (κ3) is 3.83. The molecule has 0 bridgehead atoms. The van der Waals surface area contributed by atoms with E-state index in [2.05, 4.69) is 21.8 Å². The Morgan fingerprint density at radius 3 is 2.77 bits per heavy atom. The summed E-state index contributed by atoms with van der Waals surface area (Å²) < 4.78 is 7.92. The molecule has 0 atom stereocenters. The molecule has 1 aromatic heterocycles. The highest BCUT2D eigenvalue weighted by atomic mass is 16.5. The van der Waals surface area contributed by atoms with Gasteiger partial charge in [-0.3, -0.25) is 9.59 Å². The highest BCUT2D eigenvalue weighted by Gasteiger charge is 2.11. The number of para-hydroxylation sites is 2. The number of aromatic nitrogens is 2.